The van der Waals surface area contributed by atoms with Gasteiger partial charge in [0.25, 0.3) is 5.91 Å². The van der Waals surface area contributed by atoms with E-state index in [4.69, 9.17) is 5.73 Å². The molecule has 1 unspecified atom stereocenters. The van der Waals surface area contributed by atoms with Crippen LogP contribution in [-0.2, 0) is 20.6 Å². The monoisotopic (exact) mass is 469 g/mol. The van der Waals surface area contributed by atoms with E-state index in [1.165, 1.54) is 0 Å². The molecular formula is C20H14F3NO9. The number of halogens is 3. The molecule has 0 saturated heterocycles. The van der Waals surface area contributed by atoms with E-state index in [1.807, 2.05) is 0 Å². The standard InChI is InChI=1S/C20H14F3NO9/c21-20(22,23)5-2-1-4-8(13(5)27)15(29)11-10(12(4)26)14(28)6-3-7(25)9(18(24)32)16(30)19(6,33)17(11)31/h1-2,6,10,14,27-30,33H,3H2,(H2,24,32)/t6-,10+,14?,19-/m1/s1. The van der Waals surface area contributed by atoms with E-state index >= 15 is 0 Å². The smallest absolute Gasteiger partial charge is 0.419 e. The van der Waals surface area contributed by atoms with Crippen LogP contribution in [0.3, 0.4) is 0 Å². The maximum absolute atomic E-state index is 13.2. The van der Waals surface area contributed by atoms with Crippen molar-refractivity contribution in [2.75, 3.05) is 0 Å². The van der Waals surface area contributed by atoms with Crippen LogP contribution in [-0.4, -0.2) is 60.5 Å². The molecule has 0 bridgehead atoms. The highest BCUT2D eigenvalue weighted by Crippen LogP contribution is 2.53. The predicted molar refractivity (Wildman–Crippen MR) is 98.4 cm³/mol. The van der Waals surface area contributed by atoms with Crippen molar-refractivity contribution in [1.82, 2.24) is 0 Å². The highest BCUT2D eigenvalue weighted by molar-refractivity contribution is 6.25. The summed E-state index contributed by atoms with van der Waals surface area (Å²) in [4.78, 5) is 50.0. The van der Waals surface area contributed by atoms with Crippen molar-refractivity contribution < 1.29 is 57.9 Å². The van der Waals surface area contributed by atoms with Crippen molar-refractivity contribution in [1.29, 1.82) is 0 Å². The number of primary amides is 1. The minimum atomic E-state index is -5.11. The summed E-state index contributed by atoms with van der Waals surface area (Å²) in [5, 5.41) is 53.0. The van der Waals surface area contributed by atoms with Gasteiger partial charge in [0.1, 0.15) is 22.8 Å². The number of carbonyl (C=O) groups excluding carboxylic acids is 4. The normalized spacial score (nSPS) is 29.6. The quantitative estimate of drug-likeness (QED) is 0.308. The van der Waals surface area contributed by atoms with Crippen molar-refractivity contribution in [3.63, 3.8) is 0 Å². The third kappa shape index (κ3) is 2.69. The third-order valence-corrected chi connectivity index (χ3v) is 6.24. The Balaban J connectivity index is 2.03. The van der Waals surface area contributed by atoms with Gasteiger partial charge in [0.15, 0.2) is 17.2 Å². The molecule has 3 aliphatic rings. The molecule has 3 aliphatic carbocycles. The van der Waals surface area contributed by atoms with E-state index in [0.717, 1.165) is 0 Å². The third-order valence-electron chi connectivity index (χ3n) is 6.24. The molecule has 4 rings (SSSR count). The Kier molecular flexibility index (Phi) is 4.53. The largest absolute Gasteiger partial charge is 0.508 e. The predicted octanol–water partition coefficient (Wildman–Crippen LogP) is 0.0537. The zero-order valence-corrected chi connectivity index (χ0v) is 16.2. The zero-order valence-electron chi connectivity index (χ0n) is 16.2. The van der Waals surface area contributed by atoms with Crippen LogP contribution < -0.4 is 5.73 Å². The van der Waals surface area contributed by atoms with Crippen molar-refractivity contribution in [3.05, 3.63) is 45.7 Å². The SMILES string of the molecule is NC(=O)C1=C(O)[C@@]2(O)C(=O)C3=C(O)c4c(ccc(C(F)(F)F)c4O)C(=O)[C@H]3C(O)[C@H]2CC1=O. The number of phenols is 1. The van der Waals surface area contributed by atoms with Gasteiger partial charge in [-0.05, 0) is 12.1 Å². The fourth-order valence-corrected chi connectivity index (χ4v) is 4.70. The van der Waals surface area contributed by atoms with Gasteiger partial charge in [-0.3, -0.25) is 19.2 Å². The summed E-state index contributed by atoms with van der Waals surface area (Å²) in [5.41, 5.74) is -3.78. The number of carbonyl (C=O) groups is 4. The molecule has 0 spiro atoms. The number of hydrogen-bond donors (Lipinski definition) is 6. The van der Waals surface area contributed by atoms with Crippen molar-refractivity contribution in [2.45, 2.75) is 24.3 Å². The minimum absolute atomic E-state index is 0.371. The summed E-state index contributed by atoms with van der Waals surface area (Å²) in [7, 11) is 0. The molecule has 0 aromatic heterocycles. The van der Waals surface area contributed by atoms with Crippen LogP contribution in [0.5, 0.6) is 5.75 Å². The van der Waals surface area contributed by atoms with Gasteiger partial charge < -0.3 is 31.3 Å². The first-order chi connectivity index (χ1) is 15.2. The van der Waals surface area contributed by atoms with Gasteiger partial charge in [0.05, 0.1) is 28.7 Å². The van der Waals surface area contributed by atoms with Crippen LogP contribution >= 0.6 is 0 Å². The number of benzene rings is 1. The molecular weight excluding hydrogens is 455 g/mol. The van der Waals surface area contributed by atoms with Gasteiger partial charge >= 0.3 is 6.18 Å². The second kappa shape index (κ2) is 6.65. The highest BCUT2D eigenvalue weighted by Gasteiger charge is 2.65. The lowest BCUT2D eigenvalue weighted by Gasteiger charge is -2.48. The fourth-order valence-electron chi connectivity index (χ4n) is 4.70. The molecule has 7 N–H and O–H groups in total. The Morgan fingerprint density at radius 1 is 1.12 bits per heavy atom. The van der Waals surface area contributed by atoms with Crippen molar-refractivity contribution in [3.8, 4) is 5.75 Å². The first-order valence-electron chi connectivity index (χ1n) is 9.28. The average molecular weight is 469 g/mol. The lowest BCUT2D eigenvalue weighted by atomic mass is 9.57. The molecule has 0 radical (unpaired) electrons. The maximum atomic E-state index is 13.2. The number of Topliss-reactive ketones (excluding diaryl/α,β-unsaturated/α-hetero) is 3. The molecule has 174 valence electrons. The average Bonchev–Trinajstić information content (AvgIpc) is 2.69. The lowest BCUT2D eigenvalue weighted by Crippen LogP contribution is -2.64. The van der Waals surface area contributed by atoms with Crippen LogP contribution in [0, 0.1) is 11.8 Å². The van der Waals surface area contributed by atoms with Gasteiger partial charge in [-0.25, -0.2) is 0 Å². The van der Waals surface area contributed by atoms with Crippen LogP contribution in [0.1, 0.15) is 27.9 Å². The van der Waals surface area contributed by atoms with Crippen LogP contribution in [0.2, 0.25) is 0 Å². The van der Waals surface area contributed by atoms with Gasteiger partial charge in [-0.2, -0.15) is 13.2 Å². The number of amides is 1. The summed E-state index contributed by atoms with van der Waals surface area (Å²) in [5.74, 6) is -13.7. The first kappa shape index (κ1) is 22.5. The number of hydrogen-bond acceptors (Lipinski definition) is 9. The van der Waals surface area contributed by atoms with E-state index in [2.05, 4.69) is 0 Å². The Morgan fingerprint density at radius 3 is 2.27 bits per heavy atom. The van der Waals surface area contributed by atoms with Gasteiger partial charge in [-0.1, -0.05) is 0 Å². The Hall–Kier alpha value is -3.71. The molecule has 1 amide bonds. The molecule has 0 aliphatic heterocycles. The number of aromatic hydroxyl groups is 1. The molecule has 1 saturated carbocycles. The van der Waals surface area contributed by atoms with Crippen molar-refractivity contribution >= 4 is 29.0 Å². The summed E-state index contributed by atoms with van der Waals surface area (Å²) in [6.45, 7) is 0. The molecule has 1 fully saturated rings. The molecule has 0 heterocycles. The number of alkyl halides is 3. The second-order valence-electron chi connectivity index (χ2n) is 7.89. The summed E-state index contributed by atoms with van der Waals surface area (Å²) >= 11 is 0. The fraction of sp³-hybridized carbons (Fsp3) is 0.300. The van der Waals surface area contributed by atoms with E-state index in [9.17, 15) is 57.9 Å². The van der Waals surface area contributed by atoms with E-state index in [0.29, 0.717) is 12.1 Å². The summed E-state index contributed by atoms with van der Waals surface area (Å²) in [6, 6.07) is 1.01. The van der Waals surface area contributed by atoms with Crippen molar-refractivity contribution in [2.24, 2.45) is 17.6 Å². The highest BCUT2D eigenvalue weighted by atomic mass is 19.4. The molecule has 13 heteroatoms. The second-order valence-corrected chi connectivity index (χ2v) is 7.89. The molecule has 1 aromatic carbocycles. The van der Waals surface area contributed by atoms with E-state index in [-0.39, 0.29) is 0 Å². The molecule has 33 heavy (non-hydrogen) atoms. The van der Waals surface area contributed by atoms with Crippen LogP contribution in [0.15, 0.2) is 29.0 Å². The summed E-state index contributed by atoms with van der Waals surface area (Å²) in [6.07, 6.45) is -8.10. The Labute approximate surface area is 181 Å². The molecule has 4 atom stereocenters. The van der Waals surface area contributed by atoms with Gasteiger partial charge in [0, 0.05) is 17.9 Å². The van der Waals surface area contributed by atoms with Gasteiger partial charge in [-0.15, -0.1) is 0 Å². The van der Waals surface area contributed by atoms with Gasteiger partial charge in [0.2, 0.25) is 5.78 Å². The van der Waals surface area contributed by atoms with E-state index < -0.39 is 104 Å². The molecule has 10 nitrogen and oxygen atoms in total. The summed E-state index contributed by atoms with van der Waals surface area (Å²) < 4.78 is 39.6. The number of aliphatic hydroxyl groups is 4. The zero-order chi connectivity index (χ0) is 24.8. The first-order valence-corrected chi connectivity index (χ1v) is 9.28. The Morgan fingerprint density at radius 2 is 1.73 bits per heavy atom. The maximum Gasteiger partial charge on any atom is 0.419 e. The van der Waals surface area contributed by atoms with Crippen LogP contribution in [0.4, 0.5) is 13.2 Å². The number of fused-ring (bicyclic) bond motifs is 3. The van der Waals surface area contributed by atoms with Crippen LogP contribution in [0.25, 0.3) is 5.76 Å². The Bertz CT molecular complexity index is 1250. The topological polar surface area (TPSA) is 195 Å². The number of rotatable bonds is 1. The lowest BCUT2D eigenvalue weighted by molar-refractivity contribution is -0.158. The molecule has 1 aromatic rings. The van der Waals surface area contributed by atoms with E-state index in [1.54, 1.807) is 0 Å². The number of aliphatic hydroxyl groups excluding tert-OH is 3. The number of phenolic OH excluding ortho intramolecular Hbond substituents is 1. The minimum Gasteiger partial charge on any atom is -0.508 e. The number of ketones is 3. The number of nitrogens with two attached hydrogens (primary N) is 1.